The van der Waals surface area contributed by atoms with Crippen molar-refractivity contribution in [3.63, 3.8) is 0 Å². The van der Waals surface area contributed by atoms with E-state index in [-0.39, 0.29) is 6.10 Å². The molecule has 1 rings (SSSR count). The lowest BCUT2D eigenvalue weighted by Gasteiger charge is -2.16. The number of aliphatic hydroxyl groups is 1. The van der Waals surface area contributed by atoms with Crippen LogP contribution in [0.1, 0.15) is 46.0 Å². The predicted octanol–water partition coefficient (Wildman–Crippen LogP) is 1.69. The Morgan fingerprint density at radius 1 is 1.47 bits per heavy atom. The molecular weight excluding hydrogens is 190 g/mol. The first-order valence-electron chi connectivity index (χ1n) is 6.21. The van der Waals surface area contributed by atoms with Crippen LogP contribution < -0.4 is 5.32 Å². The van der Waals surface area contributed by atoms with Crippen LogP contribution in [0.3, 0.4) is 0 Å². The number of aliphatic hydroxyl groups excluding tert-OH is 1. The van der Waals surface area contributed by atoms with Gasteiger partial charge in [0, 0.05) is 12.6 Å². The fourth-order valence-corrected chi connectivity index (χ4v) is 2.15. The minimum absolute atomic E-state index is 0.203. The first-order chi connectivity index (χ1) is 7.18. The van der Waals surface area contributed by atoms with Crippen molar-refractivity contribution in [2.24, 2.45) is 0 Å². The summed E-state index contributed by atoms with van der Waals surface area (Å²) < 4.78 is 5.56. The van der Waals surface area contributed by atoms with Gasteiger partial charge in [0.15, 0.2) is 0 Å². The molecule has 3 unspecified atom stereocenters. The molecule has 0 amide bonds. The molecule has 1 fully saturated rings. The van der Waals surface area contributed by atoms with Gasteiger partial charge in [-0.3, -0.25) is 0 Å². The SMILES string of the molecule is CC(O)CC(C)NCCCC1CCCO1. The Labute approximate surface area is 93.2 Å². The van der Waals surface area contributed by atoms with Crippen LogP contribution in [0.25, 0.3) is 0 Å². The highest BCUT2D eigenvalue weighted by Crippen LogP contribution is 2.16. The third-order valence-corrected chi connectivity index (χ3v) is 2.91. The molecule has 0 spiro atoms. The smallest absolute Gasteiger partial charge is 0.0576 e. The zero-order valence-corrected chi connectivity index (χ0v) is 10.0. The fraction of sp³-hybridized carbons (Fsp3) is 1.00. The summed E-state index contributed by atoms with van der Waals surface area (Å²) in [5.74, 6) is 0. The summed E-state index contributed by atoms with van der Waals surface area (Å²) in [4.78, 5) is 0. The van der Waals surface area contributed by atoms with Crippen LogP contribution in [0, 0.1) is 0 Å². The van der Waals surface area contributed by atoms with Gasteiger partial charge in [-0.25, -0.2) is 0 Å². The Bertz CT molecular complexity index is 156. The van der Waals surface area contributed by atoms with E-state index in [2.05, 4.69) is 12.2 Å². The first-order valence-corrected chi connectivity index (χ1v) is 6.21. The molecule has 1 saturated heterocycles. The zero-order valence-electron chi connectivity index (χ0n) is 10.0. The van der Waals surface area contributed by atoms with Crippen LogP contribution >= 0.6 is 0 Å². The summed E-state index contributed by atoms with van der Waals surface area (Å²) in [6.45, 7) is 5.95. The van der Waals surface area contributed by atoms with Crippen molar-refractivity contribution in [1.82, 2.24) is 5.32 Å². The van der Waals surface area contributed by atoms with Crippen molar-refractivity contribution in [3.05, 3.63) is 0 Å². The second-order valence-corrected chi connectivity index (χ2v) is 4.72. The van der Waals surface area contributed by atoms with Crippen molar-refractivity contribution >= 4 is 0 Å². The van der Waals surface area contributed by atoms with Crippen LogP contribution in [0.2, 0.25) is 0 Å². The van der Waals surface area contributed by atoms with Crippen molar-refractivity contribution in [3.8, 4) is 0 Å². The van der Waals surface area contributed by atoms with E-state index in [1.54, 1.807) is 0 Å². The van der Waals surface area contributed by atoms with Crippen LogP contribution in [-0.2, 0) is 4.74 Å². The van der Waals surface area contributed by atoms with Crippen molar-refractivity contribution in [2.45, 2.75) is 64.2 Å². The zero-order chi connectivity index (χ0) is 11.1. The van der Waals surface area contributed by atoms with Crippen molar-refractivity contribution in [2.75, 3.05) is 13.2 Å². The molecule has 3 heteroatoms. The van der Waals surface area contributed by atoms with E-state index in [1.165, 1.54) is 25.7 Å². The molecular formula is C12H25NO2. The maximum atomic E-state index is 9.19. The Kier molecular flexibility index (Phi) is 6.22. The summed E-state index contributed by atoms with van der Waals surface area (Å²) in [6, 6.07) is 0.412. The molecule has 1 aliphatic rings. The van der Waals surface area contributed by atoms with E-state index >= 15 is 0 Å². The highest BCUT2D eigenvalue weighted by molar-refractivity contribution is 4.67. The standard InChI is InChI=1S/C12H25NO2/c1-10(9-11(2)14)13-7-3-5-12-6-4-8-15-12/h10-14H,3-9H2,1-2H3. The van der Waals surface area contributed by atoms with Gasteiger partial charge in [-0.2, -0.15) is 0 Å². The predicted molar refractivity (Wildman–Crippen MR) is 62.0 cm³/mol. The number of ether oxygens (including phenoxy) is 1. The van der Waals surface area contributed by atoms with Gasteiger partial charge < -0.3 is 15.2 Å². The van der Waals surface area contributed by atoms with Gasteiger partial charge in [0.2, 0.25) is 0 Å². The third kappa shape index (κ3) is 6.13. The summed E-state index contributed by atoms with van der Waals surface area (Å²) in [5.41, 5.74) is 0. The lowest BCUT2D eigenvalue weighted by Crippen LogP contribution is -2.30. The van der Waals surface area contributed by atoms with Gasteiger partial charge in [0.1, 0.15) is 0 Å². The lowest BCUT2D eigenvalue weighted by molar-refractivity contribution is 0.102. The maximum absolute atomic E-state index is 9.19. The van der Waals surface area contributed by atoms with Crippen LogP contribution in [0.5, 0.6) is 0 Å². The van der Waals surface area contributed by atoms with E-state index in [0.29, 0.717) is 12.1 Å². The Balaban J connectivity index is 1.91. The molecule has 3 atom stereocenters. The molecule has 1 heterocycles. The number of hydrogen-bond acceptors (Lipinski definition) is 3. The summed E-state index contributed by atoms with van der Waals surface area (Å²) >= 11 is 0. The molecule has 15 heavy (non-hydrogen) atoms. The van der Waals surface area contributed by atoms with Crippen molar-refractivity contribution < 1.29 is 9.84 Å². The molecule has 3 nitrogen and oxygen atoms in total. The molecule has 2 N–H and O–H groups in total. The molecule has 0 aromatic heterocycles. The lowest BCUT2D eigenvalue weighted by atomic mass is 10.1. The largest absolute Gasteiger partial charge is 0.393 e. The third-order valence-electron chi connectivity index (χ3n) is 2.91. The van der Waals surface area contributed by atoms with Gasteiger partial charge in [-0.1, -0.05) is 0 Å². The number of rotatable bonds is 7. The Morgan fingerprint density at radius 2 is 2.27 bits per heavy atom. The average Bonchev–Trinajstić information content (AvgIpc) is 2.63. The molecule has 0 aliphatic carbocycles. The van der Waals surface area contributed by atoms with Crippen LogP contribution in [0.4, 0.5) is 0 Å². The second-order valence-electron chi connectivity index (χ2n) is 4.72. The van der Waals surface area contributed by atoms with E-state index < -0.39 is 0 Å². The van der Waals surface area contributed by atoms with Crippen LogP contribution in [-0.4, -0.2) is 36.5 Å². The molecule has 0 radical (unpaired) electrons. The number of nitrogens with one attached hydrogen (secondary N) is 1. The van der Waals surface area contributed by atoms with Gasteiger partial charge >= 0.3 is 0 Å². The van der Waals surface area contributed by atoms with Gasteiger partial charge in [-0.15, -0.1) is 0 Å². The second kappa shape index (κ2) is 7.20. The summed E-state index contributed by atoms with van der Waals surface area (Å²) in [5, 5.41) is 12.6. The molecule has 0 aromatic carbocycles. The van der Waals surface area contributed by atoms with Gasteiger partial charge in [-0.05, 0) is 52.5 Å². The number of hydrogen-bond donors (Lipinski definition) is 2. The normalized spacial score (nSPS) is 25.4. The maximum Gasteiger partial charge on any atom is 0.0576 e. The fourth-order valence-electron chi connectivity index (χ4n) is 2.15. The Hall–Kier alpha value is -0.120. The minimum Gasteiger partial charge on any atom is -0.393 e. The molecule has 0 aromatic rings. The quantitative estimate of drug-likeness (QED) is 0.635. The van der Waals surface area contributed by atoms with E-state index in [0.717, 1.165) is 19.6 Å². The monoisotopic (exact) mass is 215 g/mol. The van der Waals surface area contributed by atoms with E-state index in [4.69, 9.17) is 4.74 Å². The minimum atomic E-state index is -0.203. The molecule has 0 bridgehead atoms. The molecule has 90 valence electrons. The van der Waals surface area contributed by atoms with E-state index in [1.807, 2.05) is 6.92 Å². The summed E-state index contributed by atoms with van der Waals surface area (Å²) in [7, 11) is 0. The van der Waals surface area contributed by atoms with E-state index in [9.17, 15) is 5.11 Å². The van der Waals surface area contributed by atoms with Gasteiger partial charge in [0.05, 0.1) is 12.2 Å². The highest BCUT2D eigenvalue weighted by Gasteiger charge is 2.14. The topological polar surface area (TPSA) is 41.5 Å². The van der Waals surface area contributed by atoms with Crippen molar-refractivity contribution in [1.29, 1.82) is 0 Å². The average molecular weight is 215 g/mol. The summed E-state index contributed by atoms with van der Waals surface area (Å²) in [6.07, 6.45) is 5.97. The highest BCUT2D eigenvalue weighted by atomic mass is 16.5. The molecule has 0 saturated carbocycles. The molecule has 1 aliphatic heterocycles. The van der Waals surface area contributed by atoms with Gasteiger partial charge in [0.25, 0.3) is 0 Å². The Morgan fingerprint density at radius 3 is 2.87 bits per heavy atom. The first kappa shape index (κ1) is 12.9. The van der Waals surface area contributed by atoms with Crippen LogP contribution in [0.15, 0.2) is 0 Å².